The lowest BCUT2D eigenvalue weighted by Gasteiger charge is -2.22. The molecule has 0 aliphatic heterocycles. The molecular weight excluding hydrogens is 497 g/mol. The first-order valence-corrected chi connectivity index (χ1v) is 11.4. The molecule has 0 aromatic heterocycles. The number of hydrogen-bond donors (Lipinski definition) is 0. The van der Waals surface area contributed by atoms with Crippen molar-refractivity contribution in [2.24, 2.45) is 0 Å². The van der Waals surface area contributed by atoms with Crippen LogP contribution in [0.2, 0.25) is 0 Å². The van der Waals surface area contributed by atoms with Crippen molar-refractivity contribution < 1.29 is 54.3 Å². The Labute approximate surface area is 200 Å². The molecule has 0 atom stereocenters. The topological polar surface area (TPSA) is 107 Å². The highest BCUT2D eigenvalue weighted by molar-refractivity contribution is 7.88. The van der Waals surface area contributed by atoms with Crippen LogP contribution >= 0.6 is 0 Å². The highest BCUT2D eigenvalue weighted by Gasteiger charge is 2.48. The van der Waals surface area contributed by atoms with Gasteiger partial charge in [-0.3, -0.25) is 0 Å². The van der Waals surface area contributed by atoms with Crippen LogP contribution in [0.15, 0.2) is 18.2 Å². The van der Waals surface area contributed by atoms with Gasteiger partial charge >= 0.3 is 21.6 Å². The second kappa shape index (κ2) is 10.9. The fourth-order valence-electron chi connectivity index (χ4n) is 3.39. The number of alkyl halides is 3. The normalized spacial score (nSPS) is 11.6. The summed E-state index contributed by atoms with van der Waals surface area (Å²) in [6.07, 6.45) is -0.0403. The Hall–Kier alpha value is -3.35. The molecule has 0 fully saturated rings. The predicted octanol–water partition coefficient (Wildman–Crippen LogP) is 4.03. The fraction of sp³-hybridized carbons (Fsp3) is 0.409. The minimum atomic E-state index is -5.98. The third kappa shape index (κ3) is 5.84. The molecule has 0 spiro atoms. The van der Waals surface area contributed by atoms with E-state index in [2.05, 4.69) is 4.18 Å². The van der Waals surface area contributed by atoms with Crippen molar-refractivity contribution in [2.75, 3.05) is 35.0 Å². The van der Waals surface area contributed by atoms with Crippen molar-refractivity contribution in [3.63, 3.8) is 0 Å². The highest BCUT2D eigenvalue weighted by atomic mass is 32.2. The zero-order chi connectivity index (χ0) is 26.6. The van der Waals surface area contributed by atoms with Crippen molar-refractivity contribution >= 4 is 16.1 Å². The van der Waals surface area contributed by atoms with Crippen molar-refractivity contribution in [3.05, 3.63) is 40.5 Å². The summed E-state index contributed by atoms with van der Waals surface area (Å²) in [6, 6.07) is 3.26. The summed E-state index contributed by atoms with van der Waals surface area (Å²) >= 11 is 0. The van der Waals surface area contributed by atoms with E-state index in [9.17, 15) is 26.4 Å². The van der Waals surface area contributed by atoms with E-state index in [1.54, 1.807) is 6.92 Å². The molecule has 2 rings (SSSR count). The second-order valence-electron chi connectivity index (χ2n) is 6.98. The van der Waals surface area contributed by atoms with Gasteiger partial charge in [0.1, 0.15) is 5.75 Å². The maximum atomic E-state index is 12.9. The second-order valence-corrected chi connectivity index (χ2v) is 8.52. The predicted molar refractivity (Wildman–Crippen MR) is 118 cm³/mol. The van der Waals surface area contributed by atoms with Crippen LogP contribution in [0, 0.1) is 6.92 Å². The van der Waals surface area contributed by atoms with Gasteiger partial charge < -0.3 is 27.9 Å². The van der Waals surface area contributed by atoms with E-state index in [1.165, 1.54) is 41.4 Å². The summed E-state index contributed by atoms with van der Waals surface area (Å²) in [7, 11) is -0.394. The van der Waals surface area contributed by atoms with Crippen molar-refractivity contribution in [1.82, 2.24) is 0 Å². The first kappa shape index (κ1) is 27.9. The van der Waals surface area contributed by atoms with E-state index >= 15 is 0 Å². The molecule has 2 aromatic carbocycles. The van der Waals surface area contributed by atoms with Gasteiger partial charge in [0.15, 0.2) is 11.5 Å². The van der Waals surface area contributed by atoms with Gasteiger partial charge in [0.05, 0.1) is 40.6 Å². The van der Waals surface area contributed by atoms with Crippen LogP contribution in [-0.4, -0.2) is 54.9 Å². The van der Waals surface area contributed by atoms with Crippen molar-refractivity contribution in [3.8, 4) is 28.7 Å². The van der Waals surface area contributed by atoms with E-state index in [0.29, 0.717) is 16.9 Å². The lowest BCUT2D eigenvalue weighted by molar-refractivity contribution is -0.0500. The first-order valence-electron chi connectivity index (χ1n) is 10.0. The van der Waals surface area contributed by atoms with Crippen LogP contribution < -0.4 is 23.1 Å². The van der Waals surface area contributed by atoms with E-state index in [1.807, 2.05) is 0 Å². The molecule has 35 heavy (non-hydrogen) atoms. The van der Waals surface area contributed by atoms with Crippen LogP contribution in [0.25, 0.3) is 0 Å². The molecular formula is C22H25F3O9S. The summed E-state index contributed by atoms with van der Waals surface area (Å²) in [5.41, 5.74) is -4.62. The van der Waals surface area contributed by atoms with Crippen LogP contribution in [0.4, 0.5) is 13.2 Å². The highest BCUT2D eigenvalue weighted by Crippen LogP contribution is 2.50. The molecule has 0 amide bonds. The maximum Gasteiger partial charge on any atom is 0.534 e. The molecule has 0 saturated carbocycles. The number of halogens is 3. The van der Waals surface area contributed by atoms with Gasteiger partial charge in [-0.15, -0.1) is 0 Å². The molecule has 0 saturated heterocycles. The molecule has 0 heterocycles. The number of carbonyl (C=O) groups excluding carboxylic acids is 1. The summed E-state index contributed by atoms with van der Waals surface area (Å²) in [5, 5.41) is 0. The van der Waals surface area contributed by atoms with Crippen LogP contribution in [0.5, 0.6) is 28.7 Å². The fourth-order valence-corrected chi connectivity index (χ4v) is 3.83. The molecule has 0 aliphatic carbocycles. The third-order valence-electron chi connectivity index (χ3n) is 4.85. The average molecular weight is 522 g/mol. The van der Waals surface area contributed by atoms with E-state index in [4.69, 9.17) is 23.7 Å². The van der Waals surface area contributed by atoms with Gasteiger partial charge in [-0.25, -0.2) is 4.79 Å². The molecule has 2 aromatic rings. The molecule has 0 radical (unpaired) electrons. The number of hydrogen-bond acceptors (Lipinski definition) is 9. The number of esters is 1. The molecule has 13 heteroatoms. The summed E-state index contributed by atoms with van der Waals surface area (Å²) in [6.45, 7) is 3.22. The summed E-state index contributed by atoms with van der Waals surface area (Å²) in [5.74, 6) is -0.574. The zero-order valence-electron chi connectivity index (χ0n) is 19.9. The van der Waals surface area contributed by atoms with Gasteiger partial charge in [-0.2, -0.15) is 21.6 Å². The standard InChI is InChI=1S/C22H25F3O9S/c1-7-33-21(26)14-8-13(9-15(11-14)34-35(27,28)22(23,24)25)10-16-12(2)17(29-3)19(31-5)20(32-6)18(16)30-4/h8-9,11H,7,10H2,1-6H3. The van der Waals surface area contributed by atoms with Gasteiger partial charge in [-0.1, -0.05) is 0 Å². The quantitative estimate of drug-likeness (QED) is 0.260. The number of benzene rings is 2. The minimum Gasteiger partial charge on any atom is -0.492 e. The number of rotatable bonds is 10. The first-order chi connectivity index (χ1) is 16.3. The van der Waals surface area contributed by atoms with Gasteiger partial charge in [0.25, 0.3) is 0 Å². The molecule has 0 unspecified atom stereocenters. The number of ether oxygens (including phenoxy) is 5. The molecule has 194 valence electrons. The van der Waals surface area contributed by atoms with Crippen molar-refractivity contribution in [2.45, 2.75) is 25.8 Å². The Bertz CT molecular complexity index is 1190. The molecule has 0 bridgehead atoms. The number of methoxy groups -OCH3 is 4. The van der Waals surface area contributed by atoms with E-state index < -0.39 is 27.3 Å². The van der Waals surface area contributed by atoms with Gasteiger partial charge in [-0.05, 0) is 37.6 Å². The third-order valence-corrected chi connectivity index (χ3v) is 5.83. The minimum absolute atomic E-state index is 0.0140. The SMILES string of the molecule is CCOC(=O)c1cc(Cc2c(C)c(OC)c(OC)c(OC)c2OC)cc(OS(=O)(=O)C(F)(F)F)c1. The van der Waals surface area contributed by atoms with Gasteiger partial charge in [0, 0.05) is 17.5 Å². The Kier molecular flexibility index (Phi) is 8.71. The summed E-state index contributed by atoms with van der Waals surface area (Å²) in [4.78, 5) is 12.3. The monoisotopic (exact) mass is 522 g/mol. The Morgan fingerprint density at radius 3 is 1.91 bits per heavy atom. The molecule has 0 aliphatic rings. The Morgan fingerprint density at radius 2 is 1.43 bits per heavy atom. The smallest absolute Gasteiger partial charge is 0.492 e. The largest absolute Gasteiger partial charge is 0.534 e. The maximum absolute atomic E-state index is 12.9. The summed E-state index contributed by atoms with van der Waals surface area (Å²) < 4.78 is 92.7. The zero-order valence-corrected chi connectivity index (χ0v) is 20.7. The Morgan fingerprint density at radius 1 is 0.886 bits per heavy atom. The average Bonchev–Trinajstić information content (AvgIpc) is 2.78. The van der Waals surface area contributed by atoms with Gasteiger partial charge in [0.2, 0.25) is 11.5 Å². The Balaban J connectivity index is 2.72. The van der Waals surface area contributed by atoms with Crippen LogP contribution in [0.1, 0.15) is 34.0 Å². The number of carbonyl (C=O) groups is 1. The van der Waals surface area contributed by atoms with E-state index in [0.717, 1.165) is 12.1 Å². The van der Waals surface area contributed by atoms with Crippen LogP contribution in [-0.2, 0) is 21.3 Å². The van der Waals surface area contributed by atoms with Crippen LogP contribution in [0.3, 0.4) is 0 Å². The lowest BCUT2D eigenvalue weighted by atomic mass is 9.96. The van der Waals surface area contributed by atoms with E-state index in [-0.39, 0.29) is 41.4 Å². The lowest BCUT2D eigenvalue weighted by Crippen LogP contribution is -2.28. The molecule has 9 nitrogen and oxygen atoms in total. The molecule has 0 N–H and O–H groups in total. The van der Waals surface area contributed by atoms with Crippen molar-refractivity contribution in [1.29, 1.82) is 0 Å².